The molecule has 0 heterocycles. The minimum absolute atomic E-state index is 0. The Balaban J connectivity index is 0. The van der Waals surface area contributed by atoms with Crippen LogP contribution in [0.3, 0.4) is 0 Å². The second-order valence-corrected chi connectivity index (χ2v) is 5.75. The summed E-state index contributed by atoms with van der Waals surface area (Å²) in [6, 6.07) is 0. The molecule has 0 spiro atoms. The summed E-state index contributed by atoms with van der Waals surface area (Å²) >= 11 is 0. The molecule has 6 heteroatoms. The van der Waals surface area contributed by atoms with E-state index >= 15 is 0 Å². The van der Waals surface area contributed by atoms with Crippen molar-refractivity contribution in [2.24, 2.45) is 0 Å². The van der Waals surface area contributed by atoms with Gasteiger partial charge in [-0.2, -0.15) is 0 Å². The Kier molecular flexibility index (Phi) is 17.1. The van der Waals surface area contributed by atoms with Gasteiger partial charge in [-0.25, -0.2) is 4.57 Å². The van der Waals surface area contributed by atoms with Crippen LogP contribution in [0.25, 0.3) is 0 Å². The van der Waals surface area contributed by atoms with Gasteiger partial charge in [-0.3, -0.25) is 4.52 Å². The van der Waals surface area contributed by atoms with E-state index in [0.717, 1.165) is 19.3 Å². The summed E-state index contributed by atoms with van der Waals surface area (Å²) in [6.45, 7) is 2.39. The van der Waals surface area contributed by atoms with Gasteiger partial charge in [0.25, 0.3) is 0 Å². The van der Waals surface area contributed by atoms with Crippen molar-refractivity contribution in [1.29, 1.82) is 0 Å². The summed E-state index contributed by atoms with van der Waals surface area (Å²) in [5, 5.41) is 0. The van der Waals surface area contributed by atoms with Gasteiger partial charge in [0.15, 0.2) is 0 Å². The summed E-state index contributed by atoms with van der Waals surface area (Å²) in [6.07, 6.45) is 12.0. The van der Waals surface area contributed by atoms with Crippen LogP contribution in [-0.4, -0.2) is 16.4 Å². The van der Waals surface area contributed by atoms with E-state index in [0.29, 0.717) is 0 Å². The van der Waals surface area contributed by atoms with E-state index in [9.17, 15) is 4.57 Å². The maximum atomic E-state index is 10.4. The van der Waals surface area contributed by atoms with E-state index in [4.69, 9.17) is 9.79 Å². The largest absolute Gasteiger partial charge is 0.469 e. The van der Waals surface area contributed by atoms with Gasteiger partial charge < -0.3 is 9.79 Å². The first kappa shape index (κ1) is 21.3. The molecule has 4 nitrogen and oxygen atoms in total. The number of rotatable bonds is 12. The predicted octanol–water partition coefficient (Wildman–Crippen LogP) is 4.01. The molecule has 0 fully saturated rings. The molecule has 0 aromatic heterocycles. The van der Waals surface area contributed by atoms with E-state index in [1.165, 1.54) is 44.9 Å². The molecule has 0 aromatic rings. The zero-order valence-corrected chi connectivity index (χ0v) is 16.6. The molecule has 106 valence electrons. The molecule has 0 bridgehead atoms. The molecule has 0 aliphatic heterocycles. The third kappa shape index (κ3) is 19.4. The van der Waals surface area contributed by atoms with Crippen LogP contribution in [0.15, 0.2) is 0 Å². The third-order valence-electron chi connectivity index (χ3n) is 2.76. The number of hydrogen-bond donors (Lipinski definition) is 2. The molecule has 2 N–H and O–H groups in total. The molecule has 0 saturated carbocycles. The van der Waals surface area contributed by atoms with Crippen molar-refractivity contribution < 1.29 is 46.2 Å². The first-order valence-corrected chi connectivity index (χ1v) is 8.29. The molecule has 0 unspecified atom stereocenters. The maximum Gasteiger partial charge on any atom is 0.469 e. The summed E-state index contributed by atoms with van der Waals surface area (Å²) in [7, 11) is -4.24. The maximum absolute atomic E-state index is 10.4. The molecule has 0 aliphatic carbocycles. The van der Waals surface area contributed by atoms with Crippen LogP contribution < -0.4 is 0 Å². The van der Waals surface area contributed by atoms with E-state index in [-0.39, 0.29) is 33.9 Å². The van der Waals surface area contributed by atoms with Gasteiger partial charge in [-0.05, 0) is 6.42 Å². The number of hydrogen-bond acceptors (Lipinski definition) is 2. The minimum atomic E-state index is -4.24. The monoisotopic (exact) mass is 380 g/mol. The van der Waals surface area contributed by atoms with Crippen LogP contribution in [0.2, 0.25) is 0 Å². The Morgan fingerprint density at radius 1 is 0.833 bits per heavy atom. The summed E-state index contributed by atoms with van der Waals surface area (Å²) in [5.41, 5.74) is 0. The molecule has 0 radical (unpaired) electrons. The molecular formula is C12H27CdO4P. The van der Waals surface area contributed by atoms with Crippen LogP contribution in [0.5, 0.6) is 0 Å². The second-order valence-electron chi connectivity index (χ2n) is 4.51. The first-order valence-electron chi connectivity index (χ1n) is 6.76. The fraction of sp³-hybridized carbons (Fsp3) is 1.00. The van der Waals surface area contributed by atoms with Crippen LogP contribution in [-0.2, 0) is 36.4 Å². The zero-order chi connectivity index (χ0) is 13.0. The van der Waals surface area contributed by atoms with Crippen LogP contribution in [0, 0.1) is 0 Å². The van der Waals surface area contributed by atoms with Gasteiger partial charge in [-0.1, -0.05) is 64.7 Å². The van der Waals surface area contributed by atoms with Crippen molar-refractivity contribution in [1.82, 2.24) is 0 Å². The number of phosphoric acid groups is 1. The van der Waals surface area contributed by atoms with Crippen molar-refractivity contribution in [2.75, 3.05) is 6.61 Å². The summed E-state index contributed by atoms with van der Waals surface area (Å²) in [4.78, 5) is 16.9. The molecule has 0 aliphatic rings. The number of unbranched alkanes of at least 4 members (excludes halogenated alkanes) is 9. The zero-order valence-electron chi connectivity index (χ0n) is 11.6. The Bertz CT molecular complexity index is 208. The molecule has 0 aromatic carbocycles. The molecule has 18 heavy (non-hydrogen) atoms. The molecular weight excluding hydrogens is 352 g/mol. The fourth-order valence-corrected chi connectivity index (χ4v) is 2.14. The van der Waals surface area contributed by atoms with E-state index in [1.807, 2.05) is 0 Å². The van der Waals surface area contributed by atoms with Crippen molar-refractivity contribution in [3.63, 3.8) is 0 Å². The first-order chi connectivity index (χ1) is 8.06. The van der Waals surface area contributed by atoms with Gasteiger partial charge in [0.1, 0.15) is 0 Å². The van der Waals surface area contributed by atoms with Gasteiger partial charge in [0.05, 0.1) is 6.61 Å². The van der Waals surface area contributed by atoms with Crippen molar-refractivity contribution in [3.8, 4) is 0 Å². The van der Waals surface area contributed by atoms with Crippen molar-refractivity contribution in [3.05, 3.63) is 0 Å². The SMILES string of the molecule is CCCCCCCCCCCCOP(=O)(O)O.[Cd]. The van der Waals surface area contributed by atoms with E-state index in [2.05, 4.69) is 11.4 Å². The third-order valence-corrected chi connectivity index (χ3v) is 3.28. The van der Waals surface area contributed by atoms with Crippen LogP contribution in [0.4, 0.5) is 0 Å². The fourth-order valence-electron chi connectivity index (χ4n) is 1.77. The van der Waals surface area contributed by atoms with Crippen molar-refractivity contribution >= 4 is 7.82 Å². The topological polar surface area (TPSA) is 66.8 Å². The Hall–Kier alpha value is 1.03. The summed E-state index contributed by atoms with van der Waals surface area (Å²) < 4.78 is 14.7. The van der Waals surface area contributed by atoms with Gasteiger partial charge >= 0.3 is 7.82 Å². The number of phosphoric ester groups is 1. The molecule has 0 saturated heterocycles. The van der Waals surface area contributed by atoms with Gasteiger partial charge in [-0.15, -0.1) is 0 Å². The Morgan fingerprint density at radius 3 is 1.61 bits per heavy atom. The van der Waals surface area contributed by atoms with E-state index in [1.54, 1.807) is 0 Å². The van der Waals surface area contributed by atoms with Gasteiger partial charge in [0, 0.05) is 27.3 Å². The summed E-state index contributed by atoms with van der Waals surface area (Å²) in [5.74, 6) is 0. The van der Waals surface area contributed by atoms with Crippen LogP contribution >= 0.6 is 7.82 Å². The minimum Gasteiger partial charge on any atom is -0.303 e. The quantitative estimate of drug-likeness (QED) is 0.306. The average Bonchev–Trinajstić information content (AvgIpc) is 2.24. The molecule has 0 rings (SSSR count). The Morgan fingerprint density at radius 2 is 1.22 bits per heavy atom. The molecule has 0 amide bonds. The average molecular weight is 379 g/mol. The Labute approximate surface area is 131 Å². The molecule has 0 atom stereocenters. The second kappa shape index (κ2) is 14.4. The predicted molar refractivity (Wildman–Crippen MR) is 69.8 cm³/mol. The normalized spacial score (nSPS) is 11.3. The smallest absolute Gasteiger partial charge is 0.303 e. The van der Waals surface area contributed by atoms with Crippen LogP contribution in [0.1, 0.15) is 71.1 Å². The van der Waals surface area contributed by atoms with Crippen molar-refractivity contribution in [2.45, 2.75) is 71.1 Å². The standard InChI is InChI=1S/C12H27O4P.Cd/c1-2-3-4-5-6-7-8-9-10-11-12-16-17(13,14)15;/h2-12H2,1H3,(H2,13,14,15);. The van der Waals surface area contributed by atoms with Gasteiger partial charge in [0.2, 0.25) is 0 Å². The van der Waals surface area contributed by atoms with E-state index < -0.39 is 7.82 Å².